The Labute approximate surface area is 114 Å². The van der Waals surface area contributed by atoms with E-state index in [1.54, 1.807) is 0 Å². The molecule has 3 N–H and O–H groups in total. The van der Waals surface area contributed by atoms with Gasteiger partial charge in [0.25, 0.3) is 0 Å². The van der Waals surface area contributed by atoms with E-state index in [4.69, 9.17) is 0 Å². The van der Waals surface area contributed by atoms with Gasteiger partial charge in [0.15, 0.2) is 9.84 Å². The van der Waals surface area contributed by atoms with Gasteiger partial charge in [0.05, 0.1) is 11.5 Å². The van der Waals surface area contributed by atoms with Crippen LogP contribution < -0.4 is 16.0 Å². The quantitative estimate of drug-likeness (QED) is 0.675. The van der Waals surface area contributed by atoms with Gasteiger partial charge in [-0.2, -0.15) is 0 Å². The first-order valence-corrected chi connectivity index (χ1v) is 8.83. The smallest absolute Gasteiger partial charge is 0.315 e. The van der Waals surface area contributed by atoms with Crippen molar-refractivity contribution in [2.24, 2.45) is 5.92 Å². The Morgan fingerprint density at radius 1 is 1.26 bits per heavy atom. The average molecular weight is 289 g/mol. The number of piperidine rings is 1. The highest BCUT2D eigenvalue weighted by Crippen LogP contribution is 2.12. The van der Waals surface area contributed by atoms with Crippen LogP contribution in [-0.2, 0) is 9.84 Å². The van der Waals surface area contributed by atoms with Gasteiger partial charge in [-0.25, -0.2) is 13.2 Å². The van der Waals surface area contributed by atoms with Gasteiger partial charge in [-0.05, 0) is 44.7 Å². The fraction of sp³-hybridized carbons (Fsp3) is 0.917. The van der Waals surface area contributed by atoms with Crippen molar-refractivity contribution < 1.29 is 13.2 Å². The molecule has 19 heavy (non-hydrogen) atoms. The molecule has 0 bridgehead atoms. The van der Waals surface area contributed by atoms with Crippen molar-refractivity contribution in [1.29, 1.82) is 0 Å². The van der Waals surface area contributed by atoms with Crippen LogP contribution in [0.4, 0.5) is 4.79 Å². The van der Waals surface area contributed by atoms with E-state index in [2.05, 4.69) is 16.0 Å². The highest BCUT2D eigenvalue weighted by Gasteiger charge is 2.26. The van der Waals surface area contributed by atoms with Crippen LogP contribution in [0.3, 0.4) is 0 Å². The third-order valence-electron chi connectivity index (χ3n) is 3.75. The minimum Gasteiger partial charge on any atom is -0.338 e. The molecule has 0 aromatic carbocycles. The van der Waals surface area contributed by atoms with Crippen molar-refractivity contribution in [3.05, 3.63) is 0 Å². The third kappa shape index (κ3) is 4.99. The fourth-order valence-electron chi connectivity index (χ4n) is 2.71. The molecule has 0 spiro atoms. The molecule has 0 aliphatic carbocycles. The molecule has 2 atom stereocenters. The van der Waals surface area contributed by atoms with E-state index in [-0.39, 0.29) is 23.6 Å². The molecule has 0 saturated carbocycles. The minimum absolute atomic E-state index is 0.0748. The number of amides is 2. The molecule has 2 heterocycles. The summed E-state index contributed by atoms with van der Waals surface area (Å²) in [4.78, 5) is 11.7. The zero-order valence-electron chi connectivity index (χ0n) is 11.2. The predicted molar refractivity (Wildman–Crippen MR) is 73.8 cm³/mol. The first kappa shape index (κ1) is 14.6. The van der Waals surface area contributed by atoms with E-state index in [1.165, 1.54) is 0 Å². The normalized spacial score (nSPS) is 30.5. The van der Waals surface area contributed by atoms with Crippen LogP contribution in [-0.4, -0.2) is 51.6 Å². The Kier molecular flexibility index (Phi) is 5.04. The highest BCUT2D eigenvalue weighted by atomic mass is 32.2. The summed E-state index contributed by atoms with van der Waals surface area (Å²) in [6, 6.07) is -0.476. The molecule has 110 valence electrons. The first-order chi connectivity index (χ1) is 9.05. The molecule has 2 aliphatic heterocycles. The molecule has 0 aromatic heterocycles. The summed E-state index contributed by atoms with van der Waals surface area (Å²) >= 11 is 0. The zero-order chi connectivity index (χ0) is 13.7. The van der Waals surface area contributed by atoms with Crippen molar-refractivity contribution in [3.63, 3.8) is 0 Å². The number of hydrogen-bond donors (Lipinski definition) is 3. The van der Waals surface area contributed by atoms with Crippen LogP contribution in [0.15, 0.2) is 0 Å². The van der Waals surface area contributed by atoms with Crippen molar-refractivity contribution >= 4 is 15.9 Å². The summed E-state index contributed by atoms with van der Waals surface area (Å²) < 4.78 is 22.9. The maximum atomic E-state index is 11.7. The lowest BCUT2D eigenvalue weighted by molar-refractivity contribution is 0.233. The minimum atomic E-state index is -2.97. The number of rotatable bonds is 3. The number of nitrogens with one attached hydrogen (secondary N) is 3. The topological polar surface area (TPSA) is 87.3 Å². The highest BCUT2D eigenvalue weighted by molar-refractivity contribution is 7.91. The Balaban J connectivity index is 1.69. The summed E-state index contributed by atoms with van der Waals surface area (Å²) in [5.41, 5.74) is 0. The molecular weight excluding hydrogens is 266 g/mol. The number of carbonyl (C=O) groups is 1. The van der Waals surface area contributed by atoms with Gasteiger partial charge in [-0.1, -0.05) is 0 Å². The lowest BCUT2D eigenvalue weighted by Crippen LogP contribution is -2.49. The molecular formula is C12H23N3O3S. The van der Waals surface area contributed by atoms with Gasteiger partial charge in [-0.15, -0.1) is 0 Å². The summed E-state index contributed by atoms with van der Waals surface area (Å²) in [5.74, 6) is 0.806. The van der Waals surface area contributed by atoms with Crippen molar-refractivity contribution in [2.75, 3.05) is 31.1 Å². The largest absolute Gasteiger partial charge is 0.338 e. The molecule has 7 heteroatoms. The van der Waals surface area contributed by atoms with Gasteiger partial charge in [-0.3, -0.25) is 0 Å². The molecule has 6 nitrogen and oxygen atoms in total. The van der Waals surface area contributed by atoms with Gasteiger partial charge in [0, 0.05) is 12.6 Å². The van der Waals surface area contributed by atoms with E-state index < -0.39 is 9.84 Å². The van der Waals surface area contributed by atoms with Crippen LogP contribution in [0.2, 0.25) is 0 Å². The maximum Gasteiger partial charge on any atom is 0.315 e. The van der Waals surface area contributed by atoms with E-state index in [0.717, 1.165) is 32.4 Å². The summed E-state index contributed by atoms with van der Waals surface area (Å²) in [6.07, 6.45) is 3.66. The van der Waals surface area contributed by atoms with Crippen molar-refractivity contribution in [1.82, 2.24) is 16.0 Å². The SMILES string of the molecule is O=C(NCC1CCCNC1)NC1CCCS(=O)(=O)C1. The Bertz CT molecular complexity index is 404. The zero-order valence-corrected chi connectivity index (χ0v) is 12.0. The summed E-state index contributed by atoms with van der Waals surface area (Å²) in [6.45, 7) is 2.65. The van der Waals surface area contributed by atoms with E-state index in [1.807, 2.05) is 0 Å². The average Bonchev–Trinajstić information content (AvgIpc) is 2.36. The number of urea groups is 1. The summed E-state index contributed by atoms with van der Waals surface area (Å²) in [5, 5.41) is 8.91. The molecule has 0 radical (unpaired) electrons. The third-order valence-corrected chi connectivity index (χ3v) is 5.57. The van der Waals surface area contributed by atoms with Crippen molar-refractivity contribution in [2.45, 2.75) is 31.7 Å². The van der Waals surface area contributed by atoms with Gasteiger partial charge >= 0.3 is 6.03 Å². The second kappa shape index (κ2) is 6.56. The fourth-order valence-corrected chi connectivity index (χ4v) is 4.34. The molecule has 0 aromatic rings. The Hall–Kier alpha value is -0.820. The lowest BCUT2D eigenvalue weighted by Gasteiger charge is -2.25. The number of carbonyl (C=O) groups excluding carboxylic acids is 1. The Morgan fingerprint density at radius 2 is 2.11 bits per heavy atom. The molecule has 2 saturated heterocycles. The van der Waals surface area contributed by atoms with E-state index >= 15 is 0 Å². The second-order valence-electron chi connectivity index (χ2n) is 5.52. The lowest BCUT2D eigenvalue weighted by atomic mass is 10.00. The number of hydrogen-bond acceptors (Lipinski definition) is 4. The first-order valence-electron chi connectivity index (χ1n) is 7.01. The molecule has 2 unspecified atom stereocenters. The van der Waals surface area contributed by atoms with Gasteiger partial charge in [0.2, 0.25) is 0 Å². The predicted octanol–water partition coefficient (Wildman–Crippen LogP) is -0.138. The van der Waals surface area contributed by atoms with Crippen LogP contribution in [0.5, 0.6) is 0 Å². The molecule has 2 amide bonds. The molecule has 2 rings (SSSR count). The van der Waals surface area contributed by atoms with Crippen LogP contribution in [0, 0.1) is 5.92 Å². The second-order valence-corrected chi connectivity index (χ2v) is 7.75. The van der Waals surface area contributed by atoms with E-state index in [9.17, 15) is 13.2 Å². The monoisotopic (exact) mass is 289 g/mol. The maximum absolute atomic E-state index is 11.7. The standard InChI is InChI=1S/C12H23N3O3S/c16-12(14-8-10-3-1-5-13-7-10)15-11-4-2-6-19(17,18)9-11/h10-11,13H,1-9H2,(H2,14,15,16). The van der Waals surface area contributed by atoms with Gasteiger partial charge < -0.3 is 16.0 Å². The molecule has 2 aliphatic rings. The number of sulfone groups is 1. The van der Waals surface area contributed by atoms with Crippen molar-refractivity contribution in [3.8, 4) is 0 Å². The summed E-state index contributed by atoms with van der Waals surface area (Å²) in [7, 11) is -2.97. The van der Waals surface area contributed by atoms with Gasteiger partial charge in [0.1, 0.15) is 0 Å². The Morgan fingerprint density at radius 3 is 2.79 bits per heavy atom. The van der Waals surface area contributed by atoms with Crippen LogP contribution >= 0.6 is 0 Å². The molecule has 2 fully saturated rings. The van der Waals surface area contributed by atoms with Crippen LogP contribution in [0.1, 0.15) is 25.7 Å². The van der Waals surface area contributed by atoms with E-state index in [0.29, 0.717) is 18.9 Å². The van der Waals surface area contributed by atoms with Crippen LogP contribution in [0.25, 0.3) is 0 Å².